The Labute approximate surface area is 671 Å². The van der Waals surface area contributed by atoms with Crippen LogP contribution in [0.25, 0.3) is 12.2 Å². The van der Waals surface area contributed by atoms with Crippen molar-refractivity contribution >= 4 is 57.3 Å². The first-order chi connectivity index (χ1) is 55.7. The number of hydrogen-bond donors (Lipinski definition) is 4. The van der Waals surface area contributed by atoms with Crippen LogP contribution in [0.5, 0.6) is 80.5 Å². The summed E-state index contributed by atoms with van der Waals surface area (Å²) in [5.41, 5.74) is 8.09. The Morgan fingerprint density at radius 1 is 0.386 bits per heavy atom. The van der Waals surface area contributed by atoms with E-state index in [0.717, 1.165) is 161 Å². The highest BCUT2D eigenvalue weighted by Crippen LogP contribution is 2.48. The molecule has 114 heavy (non-hydrogen) atoms. The molecule has 4 N–H and O–H groups in total. The van der Waals surface area contributed by atoms with Gasteiger partial charge in [-0.2, -0.15) is 0 Å². The quantitative estimate of drug-likeness (QED) is 0.0308. The van der Waals surface area contributed by atoms with Crippen molar-refractivity contribution in [2.45, 2.75) is 146 Å². The molecule has 25 heteroatoms. The summed E-state index contributed by atoms with van der Waals surface area (Å²) in [4.78, 5) is 71.4. The average Bonchev–Trinajstić information content (AvgIpc) is 1.59. The number of ketones is 4. The second-order valence-corrected chi connectivity index (χ2v) is 30.6. The minimum absolute atomic E-state index is 0. The van der Waals surface area contributed by atoms with Crippen molar-refractivity contribution in [1.82, 2.24) is 19.6 Å². The third kappa shape index (κ3) is 17.2. The van der Waals surface area contributed by atoms with Crippen LogP contribution in [-0.2, 0) is 44.9 Å². The normalized spacial score (nSPS) is 26.5. The molecular formula is C89H102B2N4O19-2. The Kier molecular flexibility index (Phi) is 24.8. The molecule has 0 aromatic heterocycles. The number of benzene rings is 7. The van der Waals surface area contributed by atoms with E-state index in [2.05, 4.69) is 59.9 Å². The number of fused-ring (bicyclic) bond motifs is 13. The van der Waals surface area contributed by atoms with Gasteiger partial charge in [0.2, 0.25) is 34.0 Å². The lowest BCUT2D eigenvalue weighted by atomic mass is 9.76. The molecule has 8 bridgehead atoms. The van der Waals surface area contributed by atoms with E-state index in [-0.39, 0.29) is 124 Å². The number of likely N-dealkylation sites (N-methyl/N-ethyl adjacent to an activating group) is 1. The third-order valence-corrected chi connectivity index (χ3v) is 24.5. The number of rotatable bonds is 11. The van der Waals surface area contributed by atoms with Gasteiger partial charge in [0.25, 0.3) is 0 Å². The van der Waals surface area contributed by atoms with Crippen molar-refractivity contribution in [3.05, 3.63) is 191 Å². The number of carbonyl (C=O) groups is 5. The van der Waals surface area contributed by atoms with Gasteiger partial charge in [-0.05, 0) is 242 Å². The van der Waals surface area contributed by atoms with Gasteiger partial charge in [-0.1, -0.05) is 59.5 Å². The number of nitrogens with zero attached hydrogens (tertiary/aromatic N) is 4. The maximum atomic E-state index is 13.7. The van der Waals surface area contributed by atoms with Crippen LogP contribution in [0.4, 0.5) is 0 Å². The van der Waals surface area contributed by atoms with Crippen LogP contribution < -0.4 is 47.4 Å². The molecule has 600 valence electrons. The van der Waals surface area contributed by atoms with Gasteiger partial charge < -0.3 is 81.4 Å². The van der Waals surface area contributed by atoms with E-state index in [9.17, 15) is 44.4 Å². The molecule has 12 unspecified atom stereocenters. The van der Waals surface area contributed by atoms with E-state index < -0.39 is 0 Å². The SMILES string of the molecule is C.CN1C2CCC1/C(=C/c1ccc3c(c1)OCO3)C(=O)/C2=C\c1ccc2c(c1)OCO2.CN1C2CCC1C(Cc1ccc(O)c(O)c1)C(=O)C2Cc1ccc(O)c(O)c1.CN1C2CCC1C(Cc1ccc3c(c1)OCO3)C(=O)C2Cc1ccc2c(c1)OCO2.CN1C2CCC1CC(=O)C2.O=Cc1ccc2c(c1)OCO2.[2H][CH-][19BH2].[2H][CH-][19BH2]. The first kappa shape index (κ1) is 78.8. The minimum Gasteiger partial charge on any atom is -0.504 e. The Hall–Kier alpha value is -10.5. The molecular weight excluding hydrogens is 1470 g/mol. The Morgan fingerprint density at radius 2 is 0.684 bits per heavy atom. The average molecular weight is 1570 g/mol. The molecule has 7 aromatic carbocycles. The molecule has 0 amide bonds. The van der Waals surface area contributed by atoms with Crippen molar-refractivity contribution in [3.63, 3.8) is 0 Å². The summed E-state index contributed by atoms with van der Waals surface area (Å²) in [6.45, 7) is 3.77. The summed E-state index contributed by atoms with van der Waals surface area (Å²) >= 11 is 0. The van der Waals surface area contributed by atoms with E-state index in [1.807, 2.05) is 72.8 Å². The molecule has 8 saturated heterocycles. The predicted octanol–water partition coefficient (Wildman–Crippen LogP) is 10.9. The Balaban J connectivity index is 0.000000130. The molecule has 13 aliphatic rings. The van der Waals surface area contributed by atoms with Crippen LogP contribution in [0.15, 0.2) is 139 Å². The molecule has 23 nitrogen and oxygen atoms in total. The highest BCUT2D eigenvalue weighted by atomic mass is 19.2. The number of phenols is 4. The van der Waals surface area contributed by atoms with Crippen molar-refractivity contribution in [2.75, 3.05) is 62.2 Å². The highest BCUT2D eigenvalue weighted by molar-refractivity contribution is 6.16. The molecule has 13 heterocycles. The number of ether oxygens (including phenoxy) is 10. The molecule has 0 spiro atoms. The number of hydrogen-bond acceptors (Lipinski definition) is 23. The van der Waals surface area contributed by atoms with Crippen LogP contribution in [-0.4, -0.2) is 196 Å². The topological polar surface area (TPSA) is 272 Å². The largest absolute Gasteiger partial charge is 0.504 e. The van der Waals surface area contributed by atoms with Gasteiger partial charge in [0.05, 0.1) is 0 Å². The van der Waals surface area contributed by atoms with Crippen LogP contribution in [0.1, 0.15) is 118 Å². The number of carbonyl (C=O) groups excluding carboxylic acids is 5. The second kappa shape index (κ2) is 35.9. The molecule has 7 aromatic rings. The molecule has 0 aliphatic carbocycles. The Bertz CT molecular complexity index is 4560. The van der Waals surface area contributed by atoms with Gasteiger partial charge >= 0.3 is 0 Å². The lowest BCUT2D eigenvalue weighted by Crippen LogP contribution is -2.53. The lowest BCUT2D eigenvalue weighted by Gasteiger charge is -2.41. The van der Waals surface area contributed by atoms with Crippen molar-refractivity contribution < 1.29 is 94.5 Å². The van der Waals surface area contributed by atoms with Gasteiger partial charge in [0.15, 0.2) is 86.3 Å². The van der Waals surface area contributed by atoms with Crippen molar-refractivity contribution in [1.29, 1.82) is 0 Å². The summed E-state index contributed by atoms with van der Waals surface area (Å²) in [6, 6.07) is 40.7. The van der Waals surface area contributed by atoms with Gasteiger partial charge in [-0.3, -0.25) is 43.6 Å². The molecule has 0 saturated carbocycles. The van der Waals surface area contributed by atoms with E-state index >= 15 is 0 Å². The monoisotopic (exact) mass is 1570 g/mol. The van der Waals surface area contributed by atoms with Gasteiger partial charge in [-0.15, -0.1) is 0 Å². The van der Waals surface area contributed by atoms with Crippen LogP contribution in [0.2, 0.25) is 0 Å². The smallest absolute Gasteiger partial charge is 0.231 e. The van der Waals surface area contributed by atoms with E-state index in [4.69, 9.17) is 50.1 Å². The first-order valence-electron chi connectivity index (χ1n) is 40.1. The zero-order chi connectivity index (χ0) is 80.7. The van der Waals surface area contributed by atoms with Crippen LogP contribution in [0, 0.1) is 37.3 Å². The van der Waals surface area contributed by atoms with Crippen LogP contribution >= 0.6 is 0 Å². The van der Waals surface area contributed by atoms with Gasteiger partial charge in [0, 0.05) is 102 Å². The highest BCUT2D eigenvalue weighted by Gasteiger charge is 2.53. The Morgan fingerprint density at radius 3 is 1.03 bits per heavy atom. The van der Waals surface area contributed by atoms with Crippen LogP contribution in [0.3, 0.4) is 0 Å². The fourth-order valence-electron chi connectivity index (χ4n) is 18.8. The van der Waals surface area contributed by atoms with Crippen molar-refractivity contribution in [3.8, 4) is 80.5 Å². The number of aldehydes is 1. The minimum atomic E-state index is -0.177. The van der Waals surface area contributed by atoms with E-state index in [1.165, 1.54) is 50.7 Å². The number of phenolic OH excluding ortho intramolecular Hbond substituents is 4. The number of piperidine rings is 4. The third-order valence-electron chi connectivity index (χ3n) is 24.5. The summed E-state index contributed by atoms with van der Waals surface area (Å²) in [5.74, 6) is 7.62. The maximum Gasteiger partial charge on any atom is 0.231 e. The molecule has 0 radical (unpaired) electrons. The molecule has 20 rings (SSSR count). The zero-order valence-corrected chi connectivity index (χ0v) is 64.6. The first-order valence-corrected chi connectivity index (χ1v) is 38.9. The summed E-state index contributed by atoms with van der Waals surface area (Å²) < 4.78 is 66.0. The molecule has 8 fully saturated rings. The molecule has 13 aliphatic heterocycles. The number of Topliss-reactive ketones (excluding diaryl/α,β-unsaturated/α-hetero) is 4. The zero-order valence-electron chi connectivity index (χ0n) is 66.6. The molecule has 12 atom stereocenters. The van der Waals surface area contributed by atoms with E-state index in [1.54, 1.807) is 46.0 Å². The van der Waals surface area contributed by atoms with Crippen molar-refractivity contribution in [2.24, 2.45) is 23.7 Å². The summed E-state index contributed by atoms with van der Waals surface area (Å²) in [7, 11) is 11.8. The fourth-order valence-corrected chi connectivity index (χ4v) is 18.8. The maximum absolute atomic E-state index is 13.7. The van der Waals surface area contributed by atoms with Gasteiger partial charge in [0.1, 0.15) is 23.6 Å². The number of aromatic hydroxyl groups is 4. The predicted molar refractivity (Wildman–Crippen MR) is 435 cm³/mol. The van der Waals surface area contributed by atoms with Gasteiger partial charge in [-0.25, -0.2) is 2.74 Å². The van der Waals surface area contributed by atoms with E-state index in [0.29, 0.717) is 65.6 Å². The summed E-state index contributed by atoms with van der Waals surface area (Å²) in [6.07, 6.45) is 17.4. The standard InChI is InChI=1S/C24H25NO5.C24H21NO5.C22H25NO5.C8H13NO.C8H6O3.2CH4B.CH4/c2*1-25-18-4-5-19(25)17(9-15-3-7-21-23(11-15)30-13-28-21)24(26)16(18)8-14-2-6-20-22(10-14)29-12-27-20;1-23-16-4-5-17(23)15(9-13-3-7-19(25)21(27)11-13)22(28)14(16)8-12-2-6-18(24)20(26)10-12;1-9-6-2-3-7(9)5-8(10)4-6;9-4-6-1-2-7-8(3-6)11-5-10-7;2*1-2;/h2-3,6-7,10-11,16-19H,4-5,8-9,12-13H2,1H3;2-3,6-11,18-19H,4-5,12-13H2,1H3;2-3,6-7,10-11,14-17,24-27H,4-5,8-9H2,1H3;6-7H,2-5H2,1H3;1-4H,5H2;2*1-2H2;1H4/q;;;;;2*-1;/b;16-8-,17-9-;;;;;;/i;;;;;2*1D,2+8;. The fraction of sp³-hybridized carbons (Fsp3) is 0.404. The second-order valence-electron chi connectivity index (χ2n) is 30.6. The summed E-state index contributed by atoms with van der Waals surface area (Å²) in [5, 5.41) is 38.6. The lowest BCUT2D eigenvalue weighted by molar-refractivity contribution is -0.135.